The van der Waals surface area contributed by atoms with Crippen molar-refractivity contribution in [2.24, 2.45) is 0 Å². The lowest BCUT2D eigenvalue weighted by molar-refractivity contribution is 0.480. The molecule has 1 aromatic heterocycles. The number of ether oxygens (including phenoxy) is 1. The first-order valence-corrected chi connectivity index (χ1v) is 8.48. The minimum absolute atomic E-state index is 0.274. The average Bonchev–Trinajstić information content (AvgIpc) is 3.07. The first kappa shape index (κ1) is 16.2. The molecular weight excluding hydrogens is 325 g/mol. The van der Waals surface area contributed by atoms with Gasteiger partial charge in [0.25, 0.3) is 0 Å². The molecule has 0 saturated carbocycles. The molecule has 0 aliphatic heterocycles. The fourth-order valence-corrected chi connectivity index (χ4v) is 3.04. The number of halogens is 1. The van der Waals surface area contributed by atoms with Crippen molar-refractivity contribution in [1.29, 1.82) is 0 Å². The van der Waals surface area contributed by atoms with E-state index in [1.807, 2.05) is 36.5 Å². The Labute approximate surface area is 151 Å². The van der Waals surface area contributed by atoms with E-state index in [0.29, 0.717) is 5.75 Å². The molecule has 128 valence electrons. The van der Waals surface area contributed by atoms with Crippen molar-refractivity contribution < 1.29 is 9.13 Å². The molecule has 0 amide bonds. The molecule has 0 fully saturated rings. The summed E-state index contributed by atoms with van der Waals surface area (Å²) in [4.78, 5) is 3.30. The van der Waals surface area contributed by atoms with Crippen LogP contribution in [0.15, 0.2) is 85.6 Å². The molecule has 4 rings (SSSR count). The molecule has 4 aromatic rings. The Balaban J connectivity index is 1.60. The van der Waals surface area contributed by atoms with Gasteiger partial charge in [-0.15, -0.1) is 6.58 Å². The quantitative estimate of drug-likeness (QED) is 0.411. The minimum atomic E-state index is -0.274. The van der Waals surface area contributed by atoms with E-state index in [1.165, 1.54) is 23.1 Å². The summed E-state index contributed by atoms with van der Waals surface area (Å²) in [6.07, 6.45) is 4.79. The van der Waals surface area contributed by atoms with Crippen LogP contribution in [0.4, 0.5) is 4.39 Å². The summed E-state index contributed by atoms with van der Waals surface area (Å²) < 4.78 is 18.7. The van der Waals surface area contributed by atoms with Gasteiger partial charge in [0.1, 0.15) is 17.3 Å². The Morgan fingerprint density at radius 3 is 2.23 bits per heavy atom. The first-order valence-electron chi connectivity index (χ1n) is 8.48. The van der Waals surface area contributed by atoms with E-state index in [0.717, 1.165) is 28.8 Å². The van der Waals surface area contributed by atoms with Crippen LogP contribution in [0.25, 0.3) is 22.0 Å². The first-order chi connectivity index (χ1) is 12.7. The molecular formula is C23H18FNO. The van der Waals surface area contributed by atoms with Crippen LogP contribution in [0.5, 0.6) is 11.5 Å². The number of fused-ring (bicyclic) bond motifs is 1. The summed E-state index contributed by atoms with van der Waals surface area (Å²) in [5.74, 6) is 1.06. The molecule has 3 aromatic carbocycles. The Bertz CT molecular complexity index is 1050. The fraction of sp³-hybridized carbons (Fsp3) is 0.0435. The van der Waals surface area contributed by atoms with E-state index in [2.05, 4.69) is 29.8 Å². The van der Waals surface area contributed by atoms with Crippen molar-refractivity contribution in [2.75, 3.05) is 0 Å². The maximum absolute atomic E-state index is 13.0. The number of nitrogens with one attached hydrogen (secondary N) is 1. The lowest BCUT2D eigenvalue weighted by Gasteiger charge is -2.07. The Hall–Kier alpha value is -3.33. The molecule has 0 aliphatic carbocycles. The van der Waals surface area contributed by atoms with Crippen LogP contribution >= 0.6 is 0 Å². The van der Waals surface area contributed by atoms with Gasteiger partial charge >= 0.3 is 0 Å². The van der Waals surface area contributed by atoms with Crippen molar-refractivity contribution in [3.05, 3.63) is 97.0 Å². The zero-order chi connectivity index (χ0) is 17.9. The molecule has 0 bridgehead atoms. The zero-order valence-corrected chi connectivity index (χ0v) is 14.2. The number of H-pyrrole nitrogens is 1. The lowest BCUT2D eigenvalue weighted by Crippen LogP contribution is -1.85. The molecule has 1 N–H and O–H groups in total. The van der Waals surface area contributed by atoms with Gasteiger partial charge in [-0.05, 0) is 71.6 Å². The predicted molar refractivity (Wildman–Crippen MR) is 104 cm³/mol. The third-order valence-corrected chi connectivity index (χ3v) is 4.37. The summed E-state index contributed by atoms with van der Waals surface area (Å²) in [5.41, 5.74) is 4.63. The van der Waals surface area contributed by atoms with Crippen LogP contribution in [-0.4, -0.2) is 4.98 Å². The summed E-state index contributed by atoms with van der Waals surface area (Å²) in [5, 5.41) is 1.22. The zero-order valence-electron chi connectivity index (χ0n) is 14.2. The van der Waals surface area contributed by atoms with Crippen molar-refractivity contribution in [3.63, 3.8) is 0 Å². The average molecular weight is 343 g/mol. The SMILES string of the molecule is C=CCc1c[nH]c2ccc(-c3ccc(Oc4ccc(F)cc4)cc3)cc12. The second kappa shape index (κ2) is 6.89. The molecule has 0 radical (unpaired) electrons. The van der Waals surface area contributed by atoms with Gasteiger partial charge in [0.2, 0.25) is 0 Å². The van der Waals surface area contributed by atoms with Crippen LogP contribution in [0, 0.1) is 5.82 Å². The highest BCUT2D eigenvalue weighted by Crippen LogP contribution is 2.29. The van der Waals surface area contributed by atoms with E-state index in [-0.39, 0.29) is 5.82 Å². The summed E-state index contributed by atoms with van der Waals surface area (Å²) in [6, 6.07) is 20.3. The minimum Gasteiger partial charge on any atom is -0.457 e. The monoisotopic (exact) mass is 343 g/mol. The maximum atomic E-state index is 13.0. The van der Waals surface area contributed by atoms with Gasteiger partial charge in [0.15, 0.2) is 0 Å². The largest absolute Gasteiger partial charge is 0.457 e. The van der Waals surface area contributed by atoms with Crippen molar-refractivity contribution in [3.8, 4) is 22.6 Å². The van der Waals surface area contributed by atoms with Crippen molar-refractivity contribution >= 4 is 10.9 Å². The van der Waals surface area contributed by atoms with Crippen LogP contribution in [0.1, 0.15) is 5.56 Å². The van der Waals surface area contributed by atoms with Crippen molar-refractivity contribution in [1.82, 2.24) is 4.98 Å². The molecule has 0 spiro atoms. The molecule has 3 heteroatoms. The van der Waals surface area contributed by atoms with Gasteiger partial charge in [-0.1, -0.05) is 24.3 Å². The number of benzene rings is 3. The molecule has 1 heterocycles. The van der Waals surface area contributed by atoms with E-state index in [1.54, 1.807) is 12.1 Å². The van der Waals surface area contributed by atoms with Gasteiger partial charge in [-0.2, -0.15) is 0 Å². The van der Waals surface area contributed by atoms with Crippen LogP contribution in [-0.2, 0) is 6.42 Å². The maximum Gasteiger partial charge on any atom is 0.127 e. The number of aromatic nitrogens is 1. The number of hydrogen-bond donors (Lipinski definition) is 1. The van der Waals surface area contributed by atoms with E-state index in [9.17, 15) is 4.39 Å². The molecule has 0 unspecified atom stereocenters. The fourth-order valence-electron chi connectivity index (χ4n) is 3.04. The predicted octanol–water partition coefficient (Wildman–Crippen LogP) is 6.49. The third-order valence-electron chi connectivity index (χ3n) is 4.37. The normalized spacial score (nSPS) is 10.8. The van der Waals surface area contributed by atoms with Crippen LogP contribution in [0.2, 0.25) is 0 Å². The number of hydrogen-bond acceptors (Lipinski definition) is 1. The third kappa shape index (κ3) is 3.24. The van der Waals surface area contributed by atoms with Gasteiger partial charge in [-0.3, -0.25) is 0 Å². The van der Waals surface area contributed by atoms with Crippen LogP contribution in [0.3, 0.4) is 0 Å². The van der Waals surface area contributed by atoms with E-state index >= 15 is 0 Å². The number of rotatable bonds is 5. The Kier molecular flexibility index (Phi) is 4.28. The van der Waals surface area contributed by atoms with Gasteiger partial charge in [-0.25, -0.2) is 4.39 Å². The van der Waals surface area contributed by atoms with Crippen molar-refractivity contribution in [2.45, 2.75) is 6.42 Å². The van der Waals surface area contributed by atoms with E-state index < -0.39 is 0 Å². The van der Waals surface area contributed by atoms with Gasteiger partial charge in [0, 0.05) is 17.1 Å². The second-order valence-corrected chi connectivity index (χ2v) is 6.15. The topological polar surface area (TPSA) is 25.0 Å². The summed E-state index contributed by atoms with van der Waals surface area (Å²) in [6.45, 7) is 3.82. The standard InChI is InChI=1S/C23H18FNO/c1-2-3-18-15-25-23-13-6-17(14-22(18)23)16-4-9-20(10-5-16)26-21-11-7-19(24)8-12-21/h2,4-15,25H,1,3H2. The Morgan fingerprint density at radius 2 is 1.54 bits per heavy atom. The smallest absolute Gasteiger partial charge is 0.127 e. The lowest BCUT2D eigenvalue weighted by atomic mass is 10.0. The highest BCUT2D eigenvalue weighted by Gasteiger charge is 2.06. The number of aromatic amines is 1. The molecule has 0 aliphatic rings. The number of allylic oxidation sites excluding steroid dienone is 1. The summed E-state index contributed by atoms with van der Waals surface area (Å²) >= 11 is 0. The highest BCUT2D eigenvalue weighted by molar-refractivity contribution is 5.88. The summed E-state index contributed by atoms with van der Waals surface area (Å²) in [7, 11) is 0. The molecule has 0 saturated heterocycles. The second-order valence-electron chi connectivity index (χ2n) is 6.15. The Morgan fingerprint density at radius 1 is 0.885 bits per heavy atom. The van der Waals surface area contributed by atoms with Gasteiger partial charge in [0.05, 0.1) is 0 Å². The molecule has 26 heavy (non-hydrogen) atoms. The van der Waals surface area contributed by atoms with E-state index in [4.69, 9.17) is 4.74 Å². The van der Waals surface area contributed by atoms with Crippen LogP contribution < -0.4 is 4.74 Å². The molecule has 0 atom stereocenters. The highest BCUT2D eigenvalue weighted by atomic mass is 19.1. The molecule has 2 nitrogen and oxygen atoms in total. The van der Waals surface area contributed by atoms with Gasteiger partial charge < -0.3 is 9.72 Å².